The van der Waals surface area contributed by atoms with Gasteiger partial charge in [0.1, 0.15) is 0 Å². The molecule has 0 spiro atoms. The maximum absolute atomic E-state index is 12.2. The van der Waals surface area contributed by atoms with Crippen LogP contribution >= 0.6 is 23.8 Å². The van der Waals surface area contributed by atoms with E-state index in [1.807, 2.05) is 30.3 Å². The number of amides is 2. The maximum atomic E-state index is 12.2. The summed E-state index contributed by atoms with van der Waals surface area (Å²) in [6, 6.07) is 23.5. The Kier molecular flexibility index (Phi) is 7.54. The normalized spacial score (nSPS) is 10.2. The number of anilines is 2. The van der Waals surface area contributed by atoms with Crippen molar-refractivity contribution in [3.63, 3.8) is 0 Å². The molecule has 0 radical (unpaired) electrons. The van der Waals surface area contributed by atoms with Crippen molar-refractivity contribution in [3.8, 4) is 0 Å². The van der Waals surface area contributed by atoms with Crippen molar-refractivity contribution >= 4 is 52.1 Å². The van der Waals surface area contributed by atoms with Gasteiger partial charge in [-0.05, 0) is 66.7 Å². The minimum Gasteiger partial charge on any atom is -0.332 e. The lowest BCUT2D eigenvalue weighted by Crippen LogP contribution is -2.34. The van der Waals surface area contributed by atoms with Crippen molar-refractivity contribution in [1.82, 2.24) is 5.32 Å². The van der Waals surface area contributed by atoms with Crippen molar-refractivity contribution in [2.45, 2.75) is 12.8 Å². The van der Waals surface area contributed by atoms with E-state index in [2.05, 4.69) is 16.0 Å². The molecule has 0 saturated heterocycles. The standard InChI is InChI=1S/C23H20ClN3O2S/c24-18-12-10-17(11-13-18)22(29)27-23(30)26-20-8-4-7-19(15-20)25-21(28)14-9-16-5-2-1-3-6-16/h1-8,10-13,15H,9,14H2,(H,25,28)(H2,26,27,29,30). The Morgan fingerprint density at radius 3 is 2.20 bits per heavy atom. The summed E-state index contributed by atoms with van der Waals surface area (Å²) in [5.74, 6) is -0.413. The Balaban J connectivity index is 1.51. The second-order valence-electron chi connectivity index (χ2n) is 6.53. The topological polar surface area (TPSA) is 70.2 Å². The Hall–Kier alpha value is -3.22. The van der Waals surface area contributed by atoms with E-state index in [0.29, 0.717) is 34.8 Å². The highest BCUT2D eigenvalue weighted by Crippen LogP contribution is 2.16. The molecule has 3 aromatic rings. The van der Waals surface area contributed by atoms with E-state index in [0.717, 1.165) is 5.56 Å². The predicted octanol–water partition coefficient (Wildman–Crippen LogP) is 5.04. The first-order valence-corrected chi connectivity index (χ1v) is 10.1. The summed E-state index contributed by atoms with van der Waals surface area (Å²) in [5, 5.41) is 9.14. The third-order valence-electron chi connectivity index (χ3n) is 4.22. The monoisotopic (exact) mass is 437 g/mol. The van der Waals surface area contributed by atoms with Gasteiger partial charge in [-0.1, -0.05) is 48.0 Å². The van der Waals surface area contributed by atoms with Crippen LogP contribution in [0.25, 0.3) is 0 Å². The predicted molar refractivity (Wildman–Crippen MR) is 125 cm³/mol. The molecule has 0 aromatic heterocycles. The summed E-state index contributed by atoms with van der Waals surface area (Å²) in [4.78, 5) is 24.4. The van der Waals surface area contributed by atoms with Crippen molar-refractivity contribution in [2.75, 3.05) is 10.6 Å². The summed E-state index contributed by atoms with van der Waals surface area (Å²) in [5.41, 5.74) is 2.86. The lowest BCUT2D eigenvalue weighted by atomic mass is 10.1. The van der Waals surface area contributed by atoms with Crippen molar-refractivity contribution < 1.29 is 9.59 Å². The van der Waals surface area contributed by atoms with Gasteiger partial charge in [0.25, 0.3) is 5.91 Å². The summed E-state index contributed by atoms with van der Waals surface area (Å²) >= 11 is 11.0. The largest absolute Gasteiger partial charge is 0.332 e. The molecule has 0 unspecified atom stereocenters. The molecule has 3 N–H and O–H groups in total. The van der Waals surface area contributed by atoms with Gasteiger partial charge in [0.2, 0.25) is 5.91 Å². The summed E-state index contributed by atoms with van der Waals surface area (Å²) in [7, 11) is 0. The second kappa shape index (κ2) is 10.5. The molecule has 152 valence electrons. The van der Waals surface area contributed by atoms with Gasteiger partial charge in [0.15, 0.2) is 5.11 Å². The van der Waals surface area contributed by atoms with Gasteiger partial charge in [-0.25, -0.2) is 0 Å². The highest BCUT2D eigenvalue weighted by molar-refractivity contribution is 7.80. The number of hydrogen-bond acceptors (Lipinski definition) is 3. The molecule has 0 aliphatic rings. The average molecular weight is 438 g/mol. The van der Waals surface area contributed by atoms with Crippen LogP contribution < -0.4 is 16.0 Å². The number of thiocarbonyl (C=S) groups is 1. The van der Waals surface area contributed by atoms with Gasteiger partial charge in [-0.2, -0.15) is 0 Å². The maximum Gasteiger partial charge on any atom is 0.257 e. The molecule has 3 aromatic carbocycles. The number of rotatable bonds is 6. The highest BCUT2D eigenvalue weighted by atomic mass is 35.5. The molecule has 0 aliphatic heterocycles. The first kappa shape index (κ1) is 21.5. The minimum absolute atomic E-state index is 0.0744. The zero-order chi connectivity index (χ0) is 21.3. The molecule has 30 heavy (non-hydrogen) atoms. The molecule has 0 saturated carbocycles. The van der Waals surface area contributed by atoms with Gasteiger partial charge in [-0.3, -0.25) is 14.9 Å². The van der Waals surface area contributed by atoms with E-state index < -0.39 is 0 Å². The number of carbonyl (C=O) groups excluding carboxylic acids is 2. The summed E-state index contributed by atoms with van der Waals surface area (Å²) in [6.07, 6.45) is 1.06. The third-order valence-corrected chi connectivity index (χ3v) is 4.68. The molecular formula is C23H20ClN3O2S. The molecular weight excluding hydrogens is 418 g/mol. The van der Waals surface area contributed by atoms with Crippen LogP contribution in [0.2, 0.25) is 5.02 Å². The van der Waals surface area contributed by atoms with Crippen LogP contribution in [-0.4, -0.2) is 16.9 Å². The van der Waals surface area contributed by atoms with Crippen LogP contribution in [0.15, 0.2) is 78.9 Å². The molecule has 0 heterocycles. The Labute approximate surface area is 185 Å². The Morgan fingerprint density at radius 1 is 0.833 bits per heavy atom. The molecule has 0 bridgehead atoms. The Morgan fingerprint density at radius 2 is 1.50 bits per heavy atom. The number of halogens is 1. The van der Waals surface area contributed by atoms with Crippen LogP contribution in [0, 0.1) is 0 Å². The fourth-order valence-corrected chi connectivity index (χ4v) is 3.08. The molecule has 7 heteroatoms. The quantitative estimate of drug-likeness (QED) is 0.472. The fourth-order valence-electron chi connectivity index (χ4n) is 2.74. The van der Waals surface area contributed by atoms with Gasteiger partial charge >= 0.3 is 0 Å². The lowest BCUT2D eigenvalue weighted by Gasteiger charge is -2.11. The van der Waals surface area contributed by atoms with E-state index >= 15 is 0 Å². The minimum atomic E-state index is -0.338. The first-order valence-electron chi connectivity index (χ1n) is 9.31. The van der Waals surface area contributed by atoms with Crippen molar-refractivity contribution in [3.05, 3.63) is 95.0 Å². The zero-order valence-corrected chi connectivity index (χ0v) is 17.6. The van der Waals surface area contributed by atoms with Crippen molar-refractivity contribution in [1.29, 1.82) is 0 Å². The van der Waals surface area contributed by atoms with Crippen LogP contribution in [0.3, 0.4) is 0 Å². The lowest BCUT2D eigenvalue weighted by molar-refractivity contribution is -0.116. The summed E-state index contributed by atoms with van der Waals surface area (Å²) in [6.45, 7) is 0. The van der Waals surface area contributed by atoms with Crippen molar-refractivity contribution in [2.24, 2.45) is 0 Å². The molecule has 0 atom stereocenters. The molecule has 3 rings (SSSR count). The molecule has 0 fully saturated rings. The second-order valence-corrected chi connectivity index (χ2v) is 7.37. The number of benzene rings is 3. The van der Waals surface area contributed by atoms with E-state index in [4.69, 9.17) is 23.8 Å². The Bertz CT molecular complexity index is 1040. The highest BCUT2D eigenvalue weighted by Gasteiger charge is 2.09. The molecule has 0 aliphatic carbocycles. The van der Waals surface area contributed by atoms with E-state index in [1.54, 1.807) is 48.5 Å². The zero-order valence-electron chi connectivity index (χ0n) is 16.0. The number of aryl methyl sites for hydroxylation is 1. The van der Waals surface area contributed by atoms with Crippen LogP contribution in [0.4, 0.5) is 11.4 Å². The van der Waals surface area contributed by atoms with E-state index in [-0.39, 0.29) is 16.9 Å². The first-order chi connectivity index (χ1) is 14.5. The summed E-state index contributed by atoms with van der Waals surface area (Å²) < 4.78 is 0. The molecule has 2 amide bonds. The average Bonchev–Trinajstić information content (AvgIpc) is 2.73. The number of hydrogen-bond donors (Lipinski definition) is 3. The fraction of sp³-hybridized carbons (Fsp3) is 0.0870. The van der Waals surface area contributed by atoms with Crippen LogP contribution in [0.1, 0.15) is 22.3 Å². The third kappa shape index (κ3) is 6.69. The van der Waals surface area contributed by atoms with Crippen LogP contribution in [-0.2, 0) is 11.2 Å². The molecule has 5 nitrogen and oxygen atoms in total. The van der Waals surface area contributed by atoms with Gasteiger partial charge in [-0.15, -0.1) is 0 Å². The van der Waals surface area contributed by atoms with Gasteiger partial charge in [0.05, 0.1) is 0 Å². The van der Waals surface area contributed by atoms with Gasteiger partial charge in [0, 0.05) is 28.4 Å². The number of nitrogens with one attached hydrogen (secondary N) is 3. The van der Waals surface area contributed by atoms with E-state index in [1.165, 1.54) is 0 Å². The number of carbonyl (C=O) groups is 2. The SMILES string of the molecule is O=C(CCc1ccccc1)Nc1cccc(NC(=S)NC(=O)c2ccc(Cl)cc2)c1. The van der Waals surface area contributed by atoms with Crippen LogP contribution in [0.5, 0.6) is 0 Å². The van der Waals surface area contributed by atoms with E-state index in [9.17, 15) is 9.59 Å². The smallest absolute Gasteiger partial charge is 0.257 e. The van der Waals surface area contributed by atoms with Gasteiger partial charge < -0.3 is 10.6 Å².